The molecule has 1 unspecified atom stereocenters. The van der Waals surface area contributed by atoms with Crippen molar-refractivity contribution in [2.75, 3.05) is 0 Å². The summed E-state index contributed by atoms with van der Waals surface area (Å²) in [5.41, 5.74) is 1.44. The highest BCUT2D eigenvalue weighted by atomic mass is 32.1. The van der Waals surface area contributed by atoms with E-state index in [9.17, 15) is 9.18 Å². The van der Waals surface area contributed by atoms with Crippen molar-refractivity contribution < 1.29 is 14.3 Å². The van der Waals surface area contributed by atoms with Gasteiger partial charge in [-0.25, -0.2) is 14.2 Å². The second-order valence-corrected chi connectivity index (χ2v) is 5.08. The zero-order valence-corrected chi connectivity index (χ0v) is 10.8. The minimum atomic E-state index is -0.956. The third kappa shape index (κ3) is 2.41. The van der Waals surface area contributed by atoms with Crippen molar-refractivity contribution in [1.82, 2.24) is 4.98 Å². The summed E-state index contributed by atoms with van der Waals surface area (Å²) in [6.45, 7) is 3.61. The van der Waals surface area contributed by atoms with E-state index in [1.54, 1.807) is 19.1 Å². The van der Waals surface area contributed by atoms with Gasteiger partial charge in [0.1, 0.15) is 15.7 Å². The number of carboxylic acid groups (broad SMARTS) is 1. The van der Waals surface area contributed by atoms with E-state index in [0.717, 1.165) is 10.6 Å². The van der Waals surface area contributed by atoms with Gasteiger partial charge in [-0.3, -0.25) is 0 Å². The Morgan fingerprint density at radius 1 is 1.39 bits per heavy atom. The van der Waals surface area contributed by atoms with Crippen molar-refractivity contribution in [3.63, 3.8) is 0 Å². The van der Waals surface area contributed by atoms with Gasteiger partial charge < -0.3 is 5.11 Å². The van der Waals surface area contributed by atoms with Gasteiger partial charge in [0.05, 0.1) is 5.69 Å². The number of nitrogens with zero attached hydrogens (tertiary/aromatic N) is 1. The van der Waals surface area contributed by atoms with Crippen molar-refractivity contribution in [1.29, 1.82) is 0 Å². The van der Waals surface area contributed by atoms with E-state index in [-0.39, 0.29) is 16.6 Å². The van der Waals surface area contributed by atoms with E-state index in [1.165, 1.54) is 23.5 Å². The molecule has 0 radical (unpaired) electrons. The van der Waals surface area contributed by atoms with Crippen LogP contribution in [0.25, 0.3) is 0 Å². The van der Waals surface area contributed by atoms with Crippen LogP contribution in [0.4, 0.5) is 4.39 Å². The van der Waals surface area contributed by atoms with Gasteiger partial charge in [0, 0.05) is 5.92 Å². The molecule has 94 valence electrons. The van der Waals surface area contributed by atoms with Gasteiger partial charge in [0.2, 0.25) is 0 Å². The largest absolute Gasteiger partial charge is 0.477 e. The molecule has 0 aliphatic rings. The Balaban J connectivity index is 2.34. The molecule has 3 nitrogen and oxygen atoms in total. The van der Waals surface area contributed by atoms with Crippen LogP contribution in [-0.4, -0.2) is 16.1 Å². The summed E-state index contributed by atoms with van der Waals surface area (Å²) in [5.74, 6) is -1.28. The van der Waals surface area contributed by atoms with Gasteiger partial charge >= 0.3 is 5.97 Å². The van der Waals surface area contributed by atoms with E-state index < -0.39 is 5.97 Å². The van der Waals surface area contributed by atoms with Crippen molar-refractivity contribution in [2.24, 2.45) is 0 Å². The molecule has 0 spiro atoms. The van der Waals surface area contributed by atoms with Gasteiger partial charge in [0.25, 0.3) is 0 Å². The second kappa shape index (κ2) is 4.86. The first-order valence-electron chi connectivity index (χ1n) is 5.45. The number of halogens is 1. The Bertz CT molecular complexity index is 577. The molecule has 1 heterocycles. The van der Waals surface area contributed by atoms with E-state index in [0.29, 0.717) is 5.69 Å². The maximum absolute atomic E-state index is 12.8. The molecule has 2 rings (SSSR count). The van der Waals surface area contributed by atoms with Crippen molar-refractivity contribution in [3.8, 4) is 0 Å². The number of aryl methyl sites for hydroxylation is 1. The van der Waals surface area contributed by atoms with Crippen LogP contribution < -0.4 is 0 Å². The molecule has 0 aliphatic heterocycles. The van der Waals surface area contributed by atoms with Gasteiger partial charge in [-0.1, -0.05) is 19.1 Å². The number of aromatic nitrogens is 1. The molecule has 0 amide bonds. The summed E-state index contributed by atoms with van der Waals surface area (Å²) in [5, 5.41) is 9.72. The van der Waals surface area contributed by atoms with Gasteiger partial charge in [0.15, 0.2) is 0 Å². The highest BCUT2D eigenvalue weighted by Crippen LogP contribution is 2.29. The van der Waals surface area contributed by atoms with Crippen LogP contribution in [0.3, 0.4) is 0 Å². The first-order chi connectivity index (χ1) is 8.49. The maximum Gasteiger partial charge on any atom is 0.347 e. The SMILES string of the molecule is Cc1nc(C(C)c2ccc(F)cc2)sc1C(=O)O. The van der Waals surface area contributed by atoms with Crippen LogP contribution in [0.5, 0.6) is 0 Å². The number of hydrogen-bond acceptors (Lipinski definition) is 3. The standard InChI is InChI=1S/C13H12FNO2S/c1-7(9-3-5-10(14)6-4-9)12-15-8(2)11(18-12)13(16)17/h3-7H,1-2H3,(H,16,17). The predicted octanol–water partition coefficient (Wildman–Crippen LogP) is 3.44. The van der Waals surface area contributed by atoms with E-state index >= 15 is 0 Å². The molecule has 5 heteroatoms. The fourth-order valence-corrected chi connectivity index (χ4v) is 2.68. The summed E-state index contributed by atoms with van der Waals surface area (Å²) in [6.07, 6.45) is 0. The average Bonchev–Trinajstić information content (AvgIpc) is 2.71. The smallest absolute Gasteiger partial charge is 0.347 e. The molecule has 18 heavy (non-hydrogen) atoms. The third-order valence-corrected chi connectivity index (χ3v) is 4.08. The normalized spacial score (nSPS) is 12.4. The summed E-state index contributed by atoms with van der Waals surface area (Å²) >= 11 is 1.17. The molecule has 0 aliphatic carbocycles. The van der Waals surface area contributed by atoms with Gasteiger partial charge in [-0.2, -0.15) is 0 Å². The van der Waals surface area contributed by atoms with Gasteiger partial charge in [-0.05, 0) is 24.6 Å². The van der Waals surface area contributed by atoms with Crippen LogP contribution in [0.1, 0.15) is 38.8 Å². The quantitative estimate of drug-likeness (QED) is 0.924. The van der Waals surface area contributed by atoms with Crippen LogP contribution in [0, 0.1) is 12.7 Å². The number of rotatable bonds is 3. The lowest BCUT2D eigenvalue weighted by molar-refractivity contribution is 0.0701. The zero-order chi connectivity index (χ0) is 13.3. The van der Waals surface area contributed by atoms with Crippen LogP contribution >= 0.6 is 11.3 Å². The average molecular weight is 265 g/mol. The molecule has 1 aromatic carbocycles. The van der Waals surface area contributed by atoms with Crippen LogP contribution in [0.2, 0.25) is 0 Å². The van der Waals surface area contributed by atoms with E-state index in [1.807, 2.05) is 6.92 Å². The topological polar surface area (TPSA) is 50.2 Å². The Morgan fingerprint density at radius 2 is 2.00 bits per heavy atom. The molecular weight excluding hydrogens is 253 g/mol. The summed E-state index contributed by atoms with van der Waals surface area (Å²) in [6, 6.07) is 6.17. The third-order valence-electron chi connectivity index (χ3n) is 2.75. The summed E-state index contributed by atoms with van der Waals surface area (Å²) in [7, 11) is 0. The Labute approximate surface area is 108 Å². The number of aromatic carboxylic acids is 1. The molecule has 1 N–H and O–H groups in total. The second-order valence-electron chi connectivity index (χ2n) is 4.05. The molecule has 2 aromatic rings. The fraction of sp³-hybridized carbons (Fsp3) is 0.231. The highest BCUT2D eigenvalue weighted by molar-refractivity contribution is 7.13. The number of thiazole rings is 1. The molecule has 0 saturated carbocycles. The molecule has 1 atom stereocenters. The first kappa shape index (κ1) is 12.7. The number of carboxylic acids is 1. The minimum Gasteiger partial charge on any atom is -0.477 e. The van der Waals surface area contributed by atoms with Gasteiger partial charge in [-0.15, -0.1) is 11.3 Å². The summed E-state index contributed by atoms with van der Waals surface area (Å²) in [4.78, 5) is 15.5. The summed E-state index contributed by atoms with van der Waals surface area (Å²) < 4.78 is 12.8. The zero-order valence-electron chi connectivity index (χ0n) is 9.98. The Morgan fingerprint density at radius 3 is 2.50 bits per heavy atom. The molecule has 0 bridgehead atoms. The fourth-order valence-electron chi connectivity index (χ4n) is 1.69. The van der Waals surface area contributed by atoms with Crippen LogP contribution in [0.15, 0.2) is 24.3 Å². The Kier molecular flexibility index (Phi) is 3.43. The van der Waals surface area contributed by atoms with Crippen molar-refractivity contribution in [3.05, 3.63) is 51.2 Å². The molecule has 0 fully saturated rings. The lowest BCUT2D eigenvalue weighted by Crippen LogP contribution is -1.95. The number of carbonyl (C=O) groups is 1. The number of hydrogen-bond donors (Lipinski definition) is 1. The highest BCUT2D eigenvalue weighted by Gasteiger charge is 2.18. The van der Waals surface area contributed by atoms with Crippen molar-refractivity contribution >= 4 is 17.3 Å². The Hall–Kier alpha value is -1.75. The first-order valence-corrected chi connectivity index (χ1v) is 6.26. The minimum absolute atomic E-state index is 0.0394. The molecule has 0 saturated heterocycles. The van der Waals surface area contributed by atoms with Crippen LogP contribution in [-0.2, 0) is 0 Å². The van der Waals surface area contributed by atoms with E-state index in [2.05, 4.69) is 4.98 Å². The number of benzene rings is 1. The molecular formula is C13H12FNO2S. The van der Waals surface area contributed by atoms with E-state index in [4.69, 9.17) is 5.11 Å². The lowest BCUT2D eigenvalue weighted by Gasteiger charge is -2.07. The monoisotopic (exact) mass is 265 g/mol. The molecule has 1 aromatic heterocycles. The predicted molar refractivity (Wildman–Crippen MR) is 67.7 cm³/mol. The van der Waals surface area contributed by atoms with Crippen molar-refractivity contribution in [2.45, 2.75) is 19.8 Å². The lowest BCUT2D eigenvalue weighted by atomic mass is 10.0. The maximum atomic E-state index is 12.8.